The monoisotopic (exact) mass is 394 g/mol. The summed E-state index contributed by atoms with van der Waals surface area (Å²) in [6.07, 6.45) is 0. The van der Waals surface area contributed by atoms with Crippen molar-refractivity contribution in [2.45, 2.75) is 0 Å². The Bertz CT molecular complexity index is 1180. The molecule has 0 aliphatic heterocycles. The van der Waals surface area contributed by atoms with Gasteiger partial charge in [0.25, 0.3) is 0 Å². The Morgan fingerprint density at radius 2 is 0.645 bits per heavy atom. The van der Waals surface area contributed by atoms with Gasteiger partial charge in [-0.15, -0.1) is 0 Å². The maximum absolute atomic E-state index is 2.34. The van der Waals surface area contributed by atoms with Crippen LogP contribution < -0.4 is 16.4 Å². The van der Waals surface area contributed by atoms with E-state index in [0.29, 0.717) is 0 Å². The molecule has 0 fully saturated rings. The minimum atomic E-state index is 0.175. The van der Waals surface area contributed by atoms with Crippen LogP contribution in [0.15, 0.2) is 140 Å². The smallest absolute Gasteiger partial charge is 0.0687 e. The summed E-state index contributed by atoms with van der Waals surface area (Å²) in [7, 11) is 0. The predicted molar refractivity (Wildman–Crippen MR) is 135 cm³/mol. The van der Waals surface area contributed by atoms with Gasteiger partial charge in [0.15, 0.2) is 0 Å². The van der Waals surface area contributed by atoms with E-state index in [4.69, 9.17) is 0 Å². The fourth-order valence-corrected chi connectivity index (χ4v) is 4.28. The van der Waals surface area contributed by atoms with E-state index < -0.39 is 0 Å². The summed E-state index contributed by atoms with van der Waals surface area (Å²) in [5.41, 5.74) is 8.90. The molecule has 0 aromatic heterocycles. The van der Waals surface area contributed by atoms with Crippen LogP contribution in [0.4, 0.5) is 0 Å². The van der Waals surface area contributed by atoms with E-state index >= 15 is 0 Å². The van der Waals surface area contributed by atoms with Crippen molar-refractivity contribution in [3.05, 3.63) is 140 Å². The SMILES string of the molecule is c1ccc(B(c2cccc(-c3ccccc3)c2)c2cccc(-c3ccccc3)c2)cc1. The first-order valence-corrected chi connectivity index (χ1v) is 10.7. The minimum Gasteiger partial charge on any atom is -0.0687 e. The summed E-state index contributed by atoms with van der Waals surface area (Å²) in [6.45, 7) is 0.175. The van der Waals surface area contributed by atoms with Crippen LogP contribution in [0.25, 0.3) is 22.3 Å². The standard InChI is InChI=1S/C30H23B/c1-4-12-24(13-5-1)26-16-10-20-29(22-26)31(28-18-8-3-9-19-28)30-21-11-17-27(23-30)25-14-6-2-7-15-25/h1-23H. The molecule has 0 aliphatic carbocycles. The lowest BCUT2D eigenvalue weighted by atomic mass is 9.36. The topological polar surface area (TPSA) is 0 Å². The van der Waals surface area contributed by atoms with E-state index in [-0.39, 0.29) is 6.71 Å². The number of hydrogen-bond donors (Lipinski definition) is 0. The van der Waals surface area contributed by atoms with Gasteiger partial charge in [-0.05, 0) is 22.3 Å². The molecule has 0 saturated carbocycles. The fourth-order valence-electron chi connectivity index (χ4n) is 4.28. The molecule has 0 radical (unpaired) electrons. The Balaban J connectivity index is 1.63. The van der Waals surface area contributed by atoms with Gasteiger partial charge in [-0.1, -0.05) is 156 Å². The second kappa shape index (κ2) is 8.89. The zero-order chi connectivity index (χ0) is 20.9. The molecule has 0 N–H and O–H groups in total. The average Bonchev–Trinajstić information content (AvgIpc) is 2.86. The van der Waals surface area contributed by atoms with Crippen LogP contribution in [0.5, 0.6) is 0 Å². The summed E-state index contributed by atoms with van der Waals surface area (Å²) < 4.78 is 0. The lowest BCUT2D eigenvalue weighted by Crippen LogP contribution is -2.52. The van der Waals surface area contributed by atoms with Gasteiger partial charge in [-0.2, -0.15) is 0 Å². The Kier molecular flexibility index (Phi) is 5.49. The molecule has 0 nitrogen and oxygen atoms in total. The van der Waals surface area contributed by atoms with Crippen molar-refractivity contribution in [3.8, 4) is 22.3 Å². The number of hydrogen-bond acceptors (Lipinski definition) is 0. The fraction of sp³-hybridized carbons (Fsp3) is 0. The Labute approximate surface area is 184 Å². The van der Waals surface area contributed by atoms with Crippen LogP contribution in [0.2, 0.25) is 0 Å². The number of rotatable bonds is 5. The zero-order valence-corrected chi connectivity index (χ0v) is 17.4. The molecule has 5 aromatic carbocycles. The maximum Gasteiger partial charge on any atom is 0.241 e. The normalized spacial score (nSPS) is 10.6. The molecule has 0 bridgehead atoms. The van der Waals surface area contributed by atoms with Gasteiger partial charge in [-0.25, -0.2) is 0 Å². The van der Waals surface area contributed by atoms with E-state index in [1.807, 2.05) is 0 Å². The third-order valence-corrected chi connectivity index (χ3v) is 5.79. The van der Waals surface area contributed by atoms with Crippen molar-refractivity contribution in [1.82, 2.24) is 0 Å². The second-order valence-corrected chi connectivity index (χ2v) is 7.83. The highest BCUT2D eigenvalue weighted by Crippen LogP contribution is 2.19. The Hall–Kier alpha value is -3.84. The van der Waals surface area contributed by atoms with E-state index in [2.05, 4.69) is 140 Å². The minimum absolute atomic E-state index is 0.175. The third kappa shape index (κ3) is 4.22. The maximum atomic E-state index is 2.34. The van der Waals surface area contributed by atoms with Crippen LogP contribution in [0.1, 0.15) is 0 Å². The Morgan fingerprint density at radius 1 is 0.290 bits per heavy atom. The highest BCUT2D eigenvalue weighted by molar-refractivity contribution is 6.95. The molecule has 5 rings (SSSR count). The van der Waals surface area contributed by atoms with Crippen LogP contribution in [-0.4, -0.2) is 6.71 Å². The molecule has 0 atom stereocenters. The Morgan fingerprint density at radius 3 is 1.10 bits per heavy atom. The third-order valence-electron chi connectivity index (χ3n) is 5.79. The first-order valence-electron chi connectivity index (χ1n) is 10.7. The molecule has 0 amide bonds. The van der Waals surface area contributed by atoms with E-state index in [0.717, 1.165) is 0 Å². The molecule has 5 aromatic rings. The molecule has 0 unspecified atom stereocenters. The molecule has 0 heterocycles. The predicted octanol–water partition coefficient (Wildman–Crippen LogP) is 5.54. The van der Waals surface area contributed by atoms with Crippen molar-refractivity contribution < 1.29 is 0 Å². The molecular weight excluding hydrogens is 371 g/mol. The summed E-state index contributed by atoms with van der Waals surface area (Å²) in [5.74, 6) is 0. The summed E-state index contributed by atoms with van der Waals surface area (Å²) in [4.78, 5) is 0. The zero-order valence-electron chi connectivity index (χ0n) is 17.4. The van der Waals surface area contributed by atoms with Crippen LogP contribution in [0, 0.1) is 0 Å². The lowest BCUT2D eigenvalue weighted by Gasteiger charge is -2.18. The van der Waals surface area contributed by atoms with Crippen molar-refractivity contribution in [2.75, 3.05) is 0 Å². The van der Waals surface area contributed by atoms with Gasteiger partial charge >= 0.3 is 0 Å². The molecule has 31 heavy (non-hydrogen) atoms. The summed E-state index contributed by atoms with van der Waals surface area (Å²) in [6, 6.07) is 49.9. The largest absolute Gasteiger partial charge is 0.241 e. The van der Waals surface area contributed by atoms with Crippen LogP contribution in [0.3, 0.4) is 0 Å². The van der Waals surface area contributed by atoms with Gasteiger partial charge in [-0.3, -0.25) is 0 Å². The van der Waals surface area contributed by atoms with E-state index in [1.165, 1.54) is 38.6 Å². The van der Waals surface area contributed by atoms with Crippen molar-refractivity contribution in [1.29, 1.82) is 0 Å². The average molecular weight is 394 g/mol. The molecule has 0 spiro atoms. The first kappa shape index (κ1) is 19.1. The van der Waals surface area contributed by atoms with Gasteiger partial charge in [0.2, 0.25) is 6.71 Å². The quantitative estimate of drug-likeness (QED) is 0.344. The molecule has 0 saturated heterocycles. The first-order chi connectivity index (χ1) is 15.4. The van der Waals surface area contributed by atoms with Gasteiger partial charge in [0.1, 0.15) is 0 Å². The second-order valence-electron chi connectivity index (χ2n) is 7.83. The van der Waals surface area contributed by atoms with Gasteiger partial charge < -0.3 is 0 Å². The molecular formula is C30H23B. The van der Waals surface area contributed by atoms with Crippen molar-refractivity contribution in [3.63, 3.8) is 0 Å². The van der Waals surface area contributed by atoms with Gasteiger partial charge in [0, 0.05) is 0 Å². The van der Waals surface area contributed by atoms with Crippen LogP contribution >= 0.6 is 0 Å². The highest BCUT2D eigenvalue weighted by atomic mass is 14.1. The highest BCUT2D eigenvalue weighted by Gasteiger charge is 2.22. The van der Waals surface area contributed by atoms with E-state index in [1.54, 1.807) is 0 Å². The number of benzene rings is 5. The summed E-state index contributed by atoms with van der Waals surface area (Å²) in [5, 5.41) is 0. The van der Waals surface area contributed by atoms with Gasteiger partial charge in [0.05, 0.1) is 0 Å². The molecule has 0 aliphatic rings. The lowest BCUT2D eigenvalue weighted by molar-refractivity contribution is 1.62. The van der Waals surface area contributed by atoms with Crippen LogP contribution in [-0.2, 0) is 0 Å². The van der Waals surface area contributed by atoms with Crippen molar-refractivity contribution >= 4 is 23.1 Å². The molecule has 146 valence electrons. The summed E-state index contributed by atoms with van der Waals surface area (Å²) >= 11 is 0. The van der Waals surface area contributed by atoms with Crippen molar-refractivity contribution in [2.24, 2.45) is 0 Å². The van der Waals surface area contributed by atoms with E-state index in [9.17, 15) is 0 Å². The molecule has 1 heteroatoms.